The van der Waals surface area contributed by atoms with Crippen molar-refractivity contribution in [3.63, 3.8) is 0 Å². The Balaban J connectivity index is 1.60. The number of rotatable bonds is 3. The monoisotopic (exact) mass is 372 g/mol. The minimum Gasteiger partial charge on any atom is -0.480 e. The minimum absolute atomic E-state index is 0.123. The molecule has 7 heteroatoms. The van der Waals surface area contributed by atoms with E-state index in [2.05, 4.69) is 26.2 Å². The average molecular weight is 374 g/mol. The predicted octanol–water partition coefficient (Wildman–Crippen LogP) is 3.18. The lowest BCUT2D eigenvalue weighted by molar-refractivity contribution is -0.127. The topological polar surface area (TPSA) is 51.2 Å². The second-order valence-corrected chi connectivity index (χ2v) is 7.19. The van der Waals surface area contributed by atoms with E-state index in [1.165, 1.54) is 11.3 Å². The maximum atomic E-state index is 12.1. The van der Waals surface area contributed by atoms with E-state index in [1.807, 2.05) is 6.07 Å². The van der Waals surface area contributed by atoms with Crippen LogP contribution in [-0.4, -0.2) is 17.0 Å². The van der Waals surface area contributed by atoms with Gasteiger partial charge in [-0.2, -0.15) is 0 Å². The predicted molar refractivity (Wildman–Crippen MR) is 81.2 cm³/mol. The van der Waals surface area contributed by atoms with Gasteiger partial charge in [-0.15, -0.1) is 11.3 Å². The van der Waals surface area contributed by atoms with Crippen LogP contribution in [0.1, 0.15) is 10.4 Å². The molecule has 0 aliphatic carbocycles. The van der Waals surface area contributed by atoms with Gasteiger partial charge in [0.05, 0.1) is 6.54 Å². The van der Waals surface area contributed by atoms with Gasteiger partial charge in [0.15, 0.2) is 10.0 Å². The molecule has 4 nitrogen and oxygen atoms in total. The van der Waals surface area contributed by atoms with Crippen LogP contribution < -0.4 is 10.1 Å². The fourth-order valence-corrected chi connectivity index (χ4v) is 3.51. The second-order valence-electron chi connectivity index (χ2n) is 4.36. The van der Waals surface area contributed by atoms with E-state index >= 15 is 0 Å². The number of halogens is 2. The summed E-state index contributed by atoms with van der Waals surface area (Å²) in [6.07, 6.45) is 1.80. The molecule has 20 heavy (non-hydrogen) atoms. The van der Waals surface area contributed by atoms with Gasteiger partial charge in [-0.1, -0.05) is 11.6 Å². The SMILES string of the molecule is O=C(NCc1cnc(Br)s1)C1Cc2cc(Cl)ccc2O1. The first-order valence-corrected chi connectivity index (χ1v) is 7.93. The molecule has 0 saturated heterocycles. The Hall–Kier alpha value is -1.11. The number of benzene rings is 1. The maximum absolute atomic E-state index is 12.1. The van der Waals surface area contributed by atoms with Crippen molar-refractivity contribution in [2.45, 2.75) is 19.1 Å². The third-order valence-electron chi connectivity index (χ3n) is 2.95. The number of fused-ring (bicyclic) bond motifs is 1. The van der Waals surface area contributed by atoms with Crippen molar-refractivity contribution in [3.8, 4) is 5.75 Å². The van der Waals surface area contributed by atoms with Crippen LogP contribution in [-0.2, 0) is 17.8 Å². The minimum atomic E-state index is -0.486. The highest BCUT2D eigenvalue weighted by Crippen LogP contribution is 2.31. The normalized spacial score (nSPS) is 16.6. The molecular weight excluding hydrogens is 364 g/mol. The summed E-state index contributed by atoms with van der Waals surface area (Å²) in [6.45, 7) is 0.457. The lowest BCUT2D eigenvalue weighted by atomic mass is 10.1. The van der Waals surface area contributed by atoms with Gasteiger partial charge < -0.3 is 10.1 Å². The number of thiazole rings is 1. The largest absolute Gasteiger partial charge is 0.480 e. The van der Waals surface area contributed by atoms with Crippen molar-refractivity contribution in [1.82, 2.24) is 10.3 Å². The van der Waals surface area contributed by atoms with E-state index in [9.17, 15) is 4.79 Å². The quantitative estimate of drug-likeness (QED) is 0.899. The number of nitrogens with zero attached hydrogens (tertiary/aromatic N) is 1. The summed E-state index contributed by atoms with van der Waals surface area (Å²) in [6, 6.07) is 5.39. The molecule has 0 saturated carbocycles. The lowest BCUT2D eigenvalue weighted by Crippen LogP contribution is -2.36. The number of hydrogen-bond donors (Lipinski definition) is 1. The van der Waals surface area contributed by atoms with Gasteiger partial charge >= 0.3 is 0 Å². The van der Waals surface area contributed by atoms with Gasteiger partial charge in [0.2, 0.25) is 0 Å². The molecule has 1 atom stereocenters. The summed E-state index contributed by atoms with van der Waals surface area (Å²) < 4.78 is 6.43. The van der Waals surface area contributed by atoms with E-state index in [-0.39, 0.29) is 5.91 Å². The Kier molecular flexibility index (Phi) is 3.96. The Labute approximate surface area is 133 Å². The Morgan fingerprint density at radius 2 is 2.45 bits per heavy atom. The Morgan fingerprint density at radius 3 is 3.20 bits per heavy atom. The summed E-state index contributed by atoms with van der Waals surface area (Å²) in [7, 11) is 0. The second kappa shape index (κ2) is 5.71. The number of carbonyl (C=O) groups is 1. The van der Waals surface area contributed by atoms with Gasteiger partial charge in [-0.25, -0.2) is 4.98 Å². The first-order chi connectivity index (χ1) is 9.61. The van der Waals surface area contributed by atoms with Crippen LogP contribution in [0.2, 0.25) is 5.02 Å². The van der Waals surface area contributed by atoms with E-state index in [4.69, 9.17) is 16.3 Å². The molecule has 1 aliphatic rings. The molecule has 3 rings (SSSR count). The number of amides is 1. The Morgan fingerprint density at radius 1 is 1.60 bits per heavy atom. The summed E-state index contributed by atoms with van der Waals surface area (Å²) in [4.78, 5) is 17.1. The number of ether oxygens (including phenoxy) is 1. The highest BCUT2D eigenvalue weighted by Gasteiger charge is 2.29. The molecule has 2 aromatic rings. The molecule has 0 spiro atoms. The number of nitrogens with one attached hydrogen (secondary N) is 1. The van der Waals surface area contributed by atoms with Crippen LogP contribution in [0.5, 0.6) is 5.75 Å². The molecule has 1 aromatic heterocycles. The summed E-state index contributed by atoms with van der Waals surface area (Å²) in [5.41, 5.74) is 0.971. The summed E-state index contributed by atoms with van der Waals surface area (Å²) in [5, 5.41) is 3.51. The lowest BCUT2D eigenvalue weighted by Gasteiger charge is -2.10. The van der Waals surface area contributed by atoms with Crippen molar-refractivity contribution < 1.29 is 9.53 Å². The van der Waals surface area contributed by atoms with Crippen molar-refractivity contribution in [2.24, 2.45) is 0 Å². The van der Waals surface area contributed by atoms with E-state index in [0.717, 1.165) is 20.1 Å². The zero-order valence-corrected chi connectivity index (χ0v) is 13.4. The van der Waals surface area contributed by atoms with Crippen molar-refractivity contribution in [2.75, 3.05) is 0 Å². The van der Waals surface area contributed by atoms with Crippen LogP contribution in [0.3, 0.4) is 0 Å². The standard InChI is InChI=1S/C13H10BrClN2O2S/c14-13-17-6-9(20-13)5-16-12(18)11-4-7-3-8(15)1-2-10(7)19-11/h1-3,6,11H,4-5H2,(H,16,18). The zero-order valence-electron chi connectivity index (χ0n) is 10.2. The third-order valence-corrected chi connectivity index (χ3v) is 4.66. The first-order valence-electron chi connectivity index (χ1n) is 5.95. The molecule has 1 N–H and O–H groups in total. The summed E-state index contributed by atoms with van der Waals surface area (Å²) >= 11 is 10.7. The molecule has 1 unspecified atom stereocenters. The van der Waals surface area contributed by atoms with Crippen LogP contribution in [0.15, 0.2) is 28.3 Å². The van der Waals surface area contributed by atoms with Gasteiger partial charge in [0, 0.05) is 22.5 Å². The zero-order chi connectivity index (χ0) is 14.1. The molecular formula is C13H10BrClN2O2S. The number of carbonyl (C=O) groups excluding carboxylic acids is 1. The number of aromatic nitrogens is 1. The molecule has 2 heterocycles. The van der Waals surface area contributed by atoms with E-state index < -0.39 is 6.10 Å². The van der Waals surface area contributed by atoms with E-state index in [1.54, 1.807) is 18.3 Å². The van der Waals surface area contributed by atoms with Crippen molar-refractivity contribution in [1.29, 1.82) is 0 Å². The van der Waals surface area contributed by atoms with Crippen LogP contribution in [0, 0.1) is 0 Å². The average Bonchev–Trinajstić information content (AvgIpc) is 3.01. The highest BCUT2D eigenvalue weighted by atomic mass is 79.9. The maximum Gasteiger partial charge on any atom is 0.261 e. The molecule has 1 aliphatic heterocycles. The molecule has 1 aromatic carbocycles. The van der Waals surface area contributed by atoms with Crippen LogP contribution >= 0.6 is 38.9 Å². The number of hydrogen-bond acceptors (Lipinski definition) is 4. The van der Waals surface area contributed by atoms with Crippen LogP contribution in [0.4, 0.5) is 0 Å². The van der Waals surface area contributed by atoms with Crippen LogP contribution in [0.25, 0.3) is 0 Å². The molecule has 0 bridgehead atoms. The summed E-state index contributed by atoms with van der Waals surface area (Å²) in [5.74, 6) is 0.608. The first kappa shape index (κ1) is 13.9. The Bertz CT molecular complexity index is 662. The third kappa shape index (κ3) is 2.97. The molecule has 0 fully saturated rings. The van der Waals surface area contributed by atoms with Gasteiger partial charge in [0.1, 0.15) is 5.75 Å². The van der Waals surface area contributed by atoms with Gasteiger partial charge in [-0.3, -0.25) is 4.79 Å². The van der Waals surface area contributed by atoms with Crippen molar-refractivity contribution >= 4 is 44.8 Å². The molecule has 104 valence electrons. The molecule has 0 radical (unpaired) electrons. The molecule has 1 amide bonds. The fraction of sp³-hybridized carbons (Fsp3) is 0.231. The van der Waals surface area contributed by atoms with Gasteiger partial charge in [-0.05, 0) is 39.7 Å². The smallest absolute Gasteiger partial charge is 0.261 e. The van der Waals surface area contributed by atoms with Crippen molar-refractivity contribution in [3.05, 3.63) is 43.8 Å². The van der Waals surface area contributed by atoms with E-state index in [0.29, 0.717) is 18.0 Å². The van der Waals surface area contributed by atoms with Gasteiger partial charge in [0.25, 0.3) is 5.91 Å². The fourth-order valence-electron chi connectivity index (χ4n) is 2.02. The highest BCUT2D eigenvalue weighted by molar-refractivity contribution is 9.11.